The molecule has 0 saturated heterocycles. The maximum absolute atomic E-state index is 15.7. The fourth-order valence-electron chi connectivity index (χ4n) is 5.27. The van der Waals surface area contributed by atoms with Crippen molar-refractivity contribution in [3.63, 3.8) is 0 Å². The molecule has 0 aliphatic heterocycles. The van der Waals surface area contributed by atoms with Gasteiger partial charge in [-0.15, -0.1) is 0 Å². The van der Waals surface area contributed by atoms with E-state index in [1.807, 2.05) is 18.6 Å². The van der Waals surface area contributed by atoms with Crippen LogP contribution in [0.4, 0.5) is 24.7 Å². The van der Waals surface area contributed by atoms with Gasteiger partial charge in [-0.1, -0.05) is 0 Å². The number of methoxy groups -OCH3 is 1. The van der Waals surface area contributed by atoms with Gasteiger partial charge in [0, 0.05) is 36.0 Å². The van der Waals surface area contributed by atoms with Crippen LogP contribution >= 0.6 is 0 Å². The molecule has 1 fully saturated rings. The van der Waals surface area contributed by atoms with E-state index >= 15 is 8.78 Å². The van der Waals surface area contributed by atoms with Gasteiger partial charge in [-0.2, -0.15) is 5.10 Å². The monoisotopic (exact) mass is 591 g/mol. The van der Waals surface area contributed by atoms with Crippen molar-refractivity contribution in [2.75, 3.05) is 17.5 Å². The van der Waals surface area contributed by atoms with Crippen molar-refractivity contribution < 1.29 is 30.4 Å². The Balaban J connectivity index is 1.56. The number of sulfonamides is 1. The zero-order valence-electron chi connectivity index (χ0n) is 25.3. The molecule has 2 aromatic carbocycles. The highest BCUT2D eigenvalue weighted by Crippen LogP contribution is 2.42. The SMILES string of the molecule is [2H]C([2H])([2H])Oc1ccc(F)c(S(=O)(=O)Nc2cc(F)c(-c3nn(C(C)C)c4c(C5CCC(N)CC5)cnc(N)c34)cc2F)c1. The third-order valence-corrected chi connectivity index (χ3v) is 8.73. The lowest BCUT2D eigenvalue weighted by Gasteiger charge is -2.27. The molecule has 0 bridgehead atoms. The lowest BCUT2D eigenvalue weighted by Crippen LogP contribution is -2.26. The molecule has 1 aliphatic carbocycles. The molecule has 0 unspecified atom stereocenters. The number of nitrogens with zero attached hydrogens (tertiary/aromatic N) is 3. The first-order valence-electron chi connectivity index (χ1n) is 14.5. The number of hydrogen-bond acceptors (Lipinski definition) is 7. The van der Waals surface area contributed by atoms with Crippen molar-refractivity contribution in [1.82, 2.24) is 14.8 Å². The number of pyridine rings is 1. The van der Waals surface area contributed by atoms with Crippen LogP contribution in [0, 0.1) is 17.5 Å². The van der Waals surface area contributed by atoms with Crippen molar-refractivity contribution in [3.8, 4) is 17.0 Å². The number of halogens is 3. The van der Waals surface area contributed by atoms with Gasteiger partial charge >= 0.3 is 0 Å². The van der Waals surface area contributed by atoms with Gasteiger partial charge in [0.05, 0.1) is 27.7 Å². The molecule has 5 N–H and O–H groups in total. The van der Waals surface area contributed by atoms with Crippen LogP contribution in [0.5, 0.6) is 5.75 Å². The van der Waals surface area contributed by atoms with Crippen molar-refractivity contribution in [2.45, 2.75) is 62.4 Å². The molecule has 2 aromatic heterocycles. The number of nitrogens with one attached hydrogen (secondary N) is 1. The molecule has 0 atom stereocenters. The second-order valence-corrected chi connectivity index (χ2v) is 12.1. The summed E-state index contributed by atoms with van der Waals surface area (Å²) in [6.07, 6.45) is 5.00. The number of benzene rings is 2. The largest absolute Gasteiger partial charge is 0.497 e. The second-order valence-electron chi connectivity index (χ2n) is 10.4. The number of nitrogens with two attached hydrogens (primary N) is 2. The second kappa shape index (κ2) is 10.9. The lowest BCUT2D eigenvalue weighted by molar-refractivity contribution is 0.395. The maximum Gasteiger partial charge on any atom is 0.265 e. The van der Waals surface area contributed by atoms with Gasteiger partial charge in [-0.3, -0.25) is 9.40 Å². The minimum Gasteiger partial charge on any atom is -0.497 e. The molecule has 41 heavy (non-hydrogen) atoms. The summed E-state index contributed by atoms with van der Waals surface area (Å²) < 4.78 is 101. The van der Waals surface area contributed by atoms with Gasteiger partial charge in [-0.05, 0) is 69.2 Å². The van der Waals surface area contributed by atoms with Gasteiger partial charge in [-0.25, -0.2) is 26.6 Å². The smallest absolute Gasteiger partial charge is 0.265 e. The Labute approximate surface area is 240 Å². The van der Waals surface area contributed by atoms with E-state index in [-0.39, 0.29) is 35.1 Å². The number of rotatable bonds is 7. The Bertz CT molecular complexity index is 1840. The number of fused-ring (bicyclic) bond motifs is 1. The summed E-state index contributed by atoms with van der Waals surface area (Å²) >= 11 is 0. The number of nitrogen functional groups attached to an aromatic ring is 1. The molecule has 4 aromatic rings. The van der Waals surface area contributed by atoms with Crippen LogP contribution in [0.1, 0.15) is 61.2 Å². The van der Waals surface area contributed by atoms with Crippen molar-refractivity contribution >= 4 is 32.4 Å². The number of aromatic nitrogens is 3. The molecule has 0 spiro atoms. The molecule has 1 aliphatic rings. The van der Waals surface area contributed by atoms with Gasteiger partial charge < -0.3 is 16.2 Å². The molecule has 0 radical (unpaired) electrons. The van der Waals surface area contributed by atoms with Crippen molar-refractivity contribution in [2.24, 2.45) is 5.73 Å². The number of ether oxygens (including phenoxy) is 1. The van der Waals surface area contributed by atoms with E-state index in [4.69, 9.17) is 15.6 Å². The maximum atomic E-state index is 15.7. The predicted molar refractivity (Wildman–Crippen MR) is 151 cm³/mol. The normalized spacial score (nSPS) is 19.1. The minimum absolute atomic E-state index is 0.0272. The van der Waals surface area contributed by atoms with Gasteiger partial charge in [0.1, 0.15) is 39.6 Å². The zero-order valence-corrected chi connectivity index (χ0v) is 23.1. The van der Waals surface area contributed by atoms with Crippen LogP contribution in [0.2, 0.25) is 0 Å². The number of hydrogen-bond donors (Lipinski definition) is 3. The summed E-state index contributed by atoms with van der Waals surface area (Å²) in [5.74, 6) is -3.77. The molecule has 9 nitrogen and oxygen atoms in total. The Morgan fingerprint density at radius 1 is 1.10 bits per heavy atom. The topological polar surface area (TPSA) is 138 Å². The Hall–Kier alpha value is -3.84. The fourth-order valence-corrected chi connectivity index (χ4v) is 6.42. The first-order valence-corrected chi connectivity index (χ1v) is 14.5. The van der Waals surface area contributed by atoms with Crippen molar-refractivity contribution in [3.05, 3.63) is 59.5 Å². The third kappa shape index (κ3) is 5.31. The van der Waals surface area contributed by atoms with Crippen LogP contribution in [0.15, 0.2) is 41.4 Å². The van der Waals surface area contributed by atoms with Gasteiger partial charge in [0.15, 0.2) is 0 Å². The van der Waals surface area contributed by atoms with Crippen LogP contribution in [0.3, 0.4) is 0 Å². The molecular weight excluding hydrogens is 557 g/mol. The molecule has 1 saturated carbocycles. The summed E-state index contributed by atoms with van der Waals surface area (Å²) in [7, 11) is -7.80. The fraction of sp³-hybridized carbons (Fsp3) is 0.357. The highest BCUT2D eigenvalue weighted by Gasteiger charge is 2.29. The third-order valence-electron chi connectivity index (χ3n) is 7.35. The molecule has 5 rings (SSSR count). The van der Waals surface area contributed by atoms with E-state index < -0.39 is 50.8 Å². The predicted octanol–water partition coefficient (Wildman–Crippen LogP) is 5.47. The molecule has 218 valence electrons. The lowest BCUT2D eigenvalue weighted by atomic mass is 9.82. The van der Waals surface area contributed by atoms with E-state index in [2.05, 4.69) is 14.8 Å². The summed E-state index contributed by atoms with van der Waals surface area (Å²) in [5.41, 5.74) is 12.8. The summed E-state index contributed by atoms with van der Waals surface area (Å²) in [4.78, 5) is 3.33. The summed E-state index contributed by atoms with van der Waals surface area (Å²) in [6.45, 7) is 3.78. The van der Waals surface area contributed by atoms with Crippen LogP contribution in [-0.2, 0) is 10.0 Å². The zero-order chi connectivity index (χ0) is 32.1. The summed E-state index contributed by atoms with van der Waals surface area (Å²) in [5, 5.41) is 4.95. The van der Waals surface area contributed by atoms with E-state index in [0.29, 0.717) is 29.1 Å². The van der Waals surface area contributed by atoms with E-state index in [9.17, 15) is 12.8 Å². The first-order chi connectivity index (χ1) is 20.6. The highest BCUT2D eigenvalue weighted by molar-refractivity contribution is 7.92. The number of anilines is 2. The molecule has 2 heterocycles. The minimum atomic E-state index is -4.86. The summed E-state index contributed by atoms with van der Waals surface area (Å²) in [6, 6.07) is 3.55. The van der Waals surface area contributed by atoms with Gasteiger partial charge in [0.2, 0.25) is 0 Å². The van der Waals surface area contributed by atoms with E-state index in [1.165, 1.54) is 0 Å². The highest BCUT2D eigenvalue weighted by atomic mass is 32.2. The van der Waals surface area contributed by atoms with Crippen LogP contribution in [-0.4, -0.2) is 36.3 Å². The van der Waals surface area contributed by atoms with Crippen LogP contribution in [0.25, 0.3) is 22.2 Å². The Kier molecular flexibility index (Phi) is 6.60. The van der Waals surface area contributed by atoms with E-state index in [1.54, 1.807) is 10.9 Å². The van der Waals surface area contributed by atoms with Gasteiger partial charge in [0.25, 0.3) is 10.0 Å². The van der Waals surface area contributed by atoms with Crippen LogP contribution < -0.4 is 20.9 Å². The van der Waals surface area contributed by atoms with Crippen molar-refractivity contribution in [1.29, 1.82) is 0 Å². The quantitative estimate of drug-likeness (QED) is 0.259. The average Bonchev–Trinajstić information content (AvgIpc) is 3.33. The average molecular weight is 592 g/mol. The molecule has 13 heteroatoms. The standard InChI is InChI=1S/C28H31F3N6O3S/c1-14(2)37-27-19(15-4-6-16(32)7-5-15)13-34-28(33)25(27)26(35-37)18-11-22(31)23(12-21(18)30)36-41(38,39)24-10-17(40-3)8-9-20(24)29/h8-16,36H,4-7,32H2,1-3H3,(H2,33,34)/i3D3. The Morgan fingerprint density at radius 3 is 2.51 bits per heavy atom. The molecular formula is C28H31F3N6O3S. The Morgan fingerprint density at radius 2 is 1.83 bits per heavy atom. The first kappa shape index (κ1) is 24.9. The van der Waals surface area contributed by atoms with E-state index in [0.717, 1.165) is 43.4 Å². The molecule has 0 amide bonds.